The Balaban J connectivity index is 1.27. The highest BCUT2D eigenvalue weighted by Crippen LogP contribution is 2.40. The third-order valence-electron chi connectivity index (χ3n) is 5.73. The fourth-order valence-corrected chi connectivity index (χ4v) is 4.07. The van der Waals surface area contributed by atoms with Crippen LogP contribution in [-0.2, 0) is 16.0 Å². The molecule has 2 aromatic rings. The van der Waals surface area contributed by atoms with Crippen LogP contribution >= 0.6 is 0 Å². The van der Waals surface area contributed by atoms with Crippen LogP contribution in [-0.4, -0.2) is 57.9 Å². The molecule has 4 rings (SSSR count). The summed E-state index contributed by atoms with van der Waals surface area (Å²) in [7, 11) is 0. The molecule has 0 radical (unpaired) electrons. The van der Waals surface area contributed by atoms with Crippen molar-refractivity contribution >= 4 is 11.8 Å². The number of hydrogen-bond acceptors (Lipinski definition) is 6. The van der Waals surface area contributed by atoms with Gasteiger partial charge in [-0.2, -0.15) is 4.98 Å². The third kappa shape index (κ3) is 3.61. The summed E-state index contributed by atoms with van der Waals surface area (Å²) < 4.78 is 10.4. The molecule has 2 saturated heterocycles. The molecular formula is C19H24N4O4. The lowest BCUT2D eigenvalue weighted by Crippen LogP contribution is -2.44. The Morgan fingerprint density at radius 1 is 1.33 bits per heavy atom. The van der Waals surface area contributed by atoms with Crippen LogP contribution in [0.3, 0.4) is 0 Å². The smallest absolute Gasteiger partial charge is 0.238 e. The van der Waals surface area contributed by atoms with E-state index in [1.54, 1.807) is 18.4 Å². The van der Waals surface area contributed by atoms with Gasteiger partial charge in [-0.25, -0.2) is 0 Å². The Morgan fingerprint density at radius 3 is 2.81 bits per heavy atom. The Morgan fingerprint density at radius 2 is 2.15 bits per heavy atom. The second kappa shape index (κ2) is 7.17. The van der Waals surface area contributed by atoms with Crippen molar-refractivity contribution in [3.63, 3.8) is 0 Å². The highest BCUT2D eigenvalue weighted by atomic mass is 16.5. The number of hydrogen-bond donors (Lipinski definition) is 0. The summed E-state index contributed by atoms with van der Waals surface area (Å²) in [5.41, 5.74) is 0.0638. The van der Waals surface area contributed by atoms with Gasteiger partial charge in [-0.15, -0.1) is 0 Å². The first kappa shape index (κ1) is 17.8. The van der Waals surface area contributed by atoms with E-state index in [9.17, 15) is 9.59 Å². The zero-order chi connectivity index (χ0) is 18.9. The Kier molecular flexibility index (Phi) is 4.72. The molecule has 0 saturated carbocycles. The molecule has 2 fully saturated rings. The first-order valence-corrected chi connectivity index (χ1v) is 9.51. The predicted molar refractivity (Wildman–Crippen MR) is 95.4 cm³/mol. The highest BCUT2D eigenvalue weighted by molar-refractivity contribution is 5.80. The van der Waals surface area contributed by atoms with Gasteiger partial charge in [0.2, 0.25) is 23.5 Å². The van der Waals surface area contributed by atoms with Crippen molar-refractivity contribution in [3.05, 3.63) is 24.3 Å². The zero-order valence-corrected chi connectivity index (χ0v) is 15.5. The molecule has 0 atom stereocenters. The van der Waals surface area contributed by atoms with Crippen LogP contribution in [0, 0.1) is 5.41 Å². The molecule has 4 heterocycles. The van der Waals surface area contributed by atoms with Crippen molar-refractivity contribution in [1.29, 1.82) is 0 Å². The molecule has 2 aromatic heterocycles. The van der Waals surface area contributed by atoms with E-state index in [0.717, 1.165) is 25.9 Å². The summed E-state index contributed by atoms with van der Waals surface area (Å²) >= 11 is 0. The van der Waals surface area contributed by atoms with Crippen LogP contribution < -0.4 is 0 Å². The van der Waals surface area contributed by atoms with E-state index in [1.807, 2.05) is 16.7 Å². The van der Waals surface area contributed by atoms with Crippen molar-refractivity contribution in [3.8, 4) is 11.6 Å². The van der Waals surface area contributed by atoms with E-state index < -0.39 is 0 Å². The molecule has 0 N–H and O–H groups in total. The van der Waals surface area contributed by atoms with E-state index >= 15 is 0 Å². The Bertz CT molecular complexity index is 806. The molecule has 2 aliphatic heterocycles. The molecule has 0 unspecified atom stereocenters. The minimum absolute atomic E-state index is 0.0638. The second-order valence-corrected chi connectivity index (χ2v) is 7.45. The Hall–Kier alpha value is -2.64. The number of carbonyl (C=O) groups excluding carboxylic acids is 2. The van der Waals surface area contributed by atoms with E-state index in [1.165, 1.54) is 0 Å². The van der Waals surface area contributed by atoms with Gasteiger partial charge < -0.3 is 18.7 Å². The van der Waals surface area contributed by atoms with Crippen LogP contribution in [0.15, 0.2) is 27.3 Å². The number of rotatable bonds is 5. The normalized spacial score (nSPS) is 19.2. The lowest BCUT2D eigenvalue weighted by atomic mass is 9.77. The van der Waals surface area contributed by atoms with E-state index in [2.05, 4.69) is 10.1 Å². The molecule has 0 aliphatic carbocycles. The molecule has 144 valence electrons. The summed E-state index contributed by atoms with van der Waals surface area (Å²) in [6.45, 7) is 5.05. The van der Waals surface area contributed by atoms with Crippen LogP contribution in [0.1, 0.15) is 38.5 Å². The van der Waals surface area contributed by atoms with Gasteiger partial charge in [0, 0.05) is 50.9 Å². The fourth-order valence-electron chi connectivity index (χ4n) is 4.07. The topological polar surface area (TPSA) is 92.7 Å². The van der Waals surface area contributed by atoms with E-state index in [4.69, 9.17) is 8.94 Å². The minimum atomic E-state index is 0.0638. The van der Waals surface area contributed by atoms with Crippen LogP contribution in [0.5, 0.6) is 0 Å². The molecule has 8 nitrogen and oxygen atoms in total. The average molecular weight is 372 g/mol. The van der Waals surface area contributed by atoms with E-state index in [0.29, 0.717) is 49.8 Å². The summed E-state index contributed by atoms with van der Waals surface area (Å²) in [4.78, 5) is 32.7. The number of piperidine rings is 1. The number of aryl methyl sites for hydroxylation is 1. The van der Waals surface area contributed by atoms with E-state index in [-0.39, 0.29) is 17.2 Å². The molecule has 8 heteroatoms. The van der Waals surface area contributed by atoms with Gasteiger partial charge in [0.05, 0.1) is 6.26 Å². The van der Waals surface area contributed by atoms with Gasteiger partial charge in [-0.3, -0.25) is 9.59 Å². The third-order valence-corrected chi connectivity index (χ3v) is 5.73. The summed E-state index contributed by atoms with van der Waals surface area (Å²) in [6, 6.07) is 3.52. The molecule has 1 spiro atoms. The van der Waals surface area contributed by atoms with Crippen LogP contribution in [0.25, 0.3) is 11.6 Å². The Labute approximate surface area is 157 Å². The zero-order valence-electron chi connectivity index (χ0n) is 15.5. The number of amides is 2. The number of furan rings is 1. The molecule has 27 heavy (non-hydrogen) atoms. The molecule has 0 bridgehead atoms. The van der Waals surface area contributed by atoms with Gasteiger partial charge in [0.25, 0.3) is 0 Å². The fraction of sp³-hybridized carbons (Fsp3) is 0.579. The van der Waals surface area contributed by atoms with Crippen LogP contribution in [0.4, 0.5) is 0 Å². The van der Waals surface area contributed by atoms with Crippen LogP contribution in [0.2, 0.25) is 0 Å². The average Bonchev–Trinajstić information content (AvgIpc) is 3.40. The molecular weight excluding hydrogens is 348 g/mol. The van der Waals surface area contributed by atoms with Crippen molar-refractivity contribution < 1.29 is 18.5 Å². The van der Waals surface area contributed by atoms with Crippen molar-refractivity contribution in [1.82, 2.24) is 19.9 Å². The number of carbonyl (C=O) groups is 2. The standard InChI is InChI=1S/C19H24N4O4/c1-2-22-13-19(12-17(22)25)7-9-23(10-8-19)16(24)6-5-15-20-18(21-27-15)14-4-3-11-26-14/h3-4,11H,2,5-10,12-13H2,1H3. The first-order chi connectivity index (χ1) is 13.1. The van der Waals surface area contributed by atoms with Gasteiger partial charge >= 0.3 is 0 Å². The maximum Gasteiger partial charge on any atom is 0.238 e. The molecule has 2 aliphatic rings. The monoisotopic (exact) mass is 372 g/mol. The largest absolute Gasteiger partial charge is 0.461 e. The highest BCUT2D eigenvalue weighted by Gasteiger charge is 2.44. The van der Waals surface area contributed by atoms with Gasteiger partial charge in [-0.05, 0) is 31.9 Å². The quantitative estimate of drug-likeness (QED) is 0.798. The van der Waals surface area contributed by atoms with Gasteiger partial charge in [-0.1, -0.05) is 5.16 Å². The second-order valence-electron chi connectivity index (χ2n) is 7.45. The summed E-state index contributed by atoms with van der Waals surface area (Å²) in [5.74, 6) is 1.72. The number of likely N-dealkylation sites (tertiary alicyclic amines) is 2. The SMILES string of the molecule is CCN1CC2(CCN(C(=O)CCc3nc(-c4ccco4)no3)CC2)CC1=O. The van der Waals surface area contributed by atoms with Gasteiger partial charge in [0.15, 0.2) is 5.76 Å². The summed E-state index contributed by atoms with van der Waals surface area (Å²) in [5, 5.41) is 3.88. The van der Waals surface area contributed by atoms with Gasteiger partial charge in [0.1, 0.15) is 0 Å². The predicted octanol–water partition coefficient (Wildman–Crippen LogP) is 2.12. The van der Waals surface area contributed by atoms with Crippen molar-refractivity contribution in [2.75, 3.05) is 26.2 Å². The lowest BCUT2D eigenvalue weighted by molar-refractivity contribution is -0.133. The van der Waals surface area contributed by atoms with Crippen molar-refractivity contribution in [2.45, 2.75) is 39.0 Å². The lowest BCUT2D eigenvalue weighted by Gasteiger charge is -2.38. The summed E-state index contributed by atoms with van der Waals surface area (Å²) in [6.07, 6.45) is 4.72. The van der Waals surface area contributed by atoms with Crippen molar-refractivity contribution in [2.24, 2.45) is 5.41 Å². The molecule has 2 amide bonds. The maximum absolute atomic E-state index is 12.5. The maximum atomic E-state index is 12.5. The number of aromatic nitrogens is 2. The first-order valence-electron chi connectivity index (χ1n) is 9.51. The molecule has 0 aromatic carbocycles. The minimum Gasteiger partial charge on any atom is -0.461 e. The number of nitrogens with zero attached hydrogens (tertiary/aromatic N) is 4.